The van der Waals surface area contributed by atoms with Crippen LogP contribution >= 0.6 is 35.0 Å². The predicted molar refractivity (Wildman–Crippen MR) is 114 cm³/mol. The summed E-state index contributed by atoms with van der Waals surface area (Å²) in [5, 5.41) is 5.23. The lowest BCUT2D eigenvalue weighted by Gasteiger charge is -2.18. The molecule has 2 rings (SSSR count). The third kappa shape index (κ3) is 6.35. The molecular formula is C20H22Cl2N2OS. The molecule has 0 saturated carbocycles. The van der Waals surface area contributed by atoms with Gasteiger partial charge in [0.05, 0.1) is 12.0 Å². The van der Waals surface area contributed by atoms with Gasteiger partial charge in [-0.3, -0.25) is 4.79 Å². The maximum atomic E-state index is 11.9. The van der Waals surface area contributed by atoms with Gasteiger partial charge in [0.15, 0.2) is 0 Å². The quantitative estimate of drug-likeness (QED) is 0.493. The van der Waals surface area contributed by atoms with E-state index in [1.807, 2.05) is 12.1 Å². The summed E-state index contributed by atoms with van der Waals surface area (Å²) >= 11 is 13.7. The molecule has 0 saturated heterocycles. The van der Waals surface area contributed by atoms with Gasteiger partial charge in [0, 0.05) is 15.8 Å². The van der Waals surface area contributed by atoms with Crippen LogP contribution in [-0.4, -0.2) is 17.9 Å². The monoisotopic (exact) mass is 408 g/mol. The number of hydrazone groups is 1. The highest BCUT2D eigenvalue weighted by Crippen LogP contribution is 2.28. The van der Waals surface area contributed by atoms with E-state index in [1.165, 1.54) is 17.3 Å². The molecule has 26 heavy (non-hydrogen) atoms. The van der Waals surface area contributed by atoms with Crippen molar-refractivity contribution < 1.29 is 4.79 Å². The second-order valence-electron chi connectivity index (χ2n) is 6.86. The van der Waals surface area contributed by atoms with Gasteiger partial charge in [-0.25, -0.2) is 5.43 Å². The summed E-state index contributed by atoms with van der Waals surface area (Å²) in [6.07, 6.45) is 1.64. The average Bonchev–Trinajstić information content (AvgIpc) is 2.57. The van der Waals surface area contributed by atoms with Gasteiger partial charge in [0.25, 0.3) is 0 Å². The fraction of sp³-hybridized carbons (Fsp3) is 0.300. The number of hydrogen-bond donors (Lipinski definition) is 1. The van der Waals surface area contributed by atoms with E-state index >= 15 is 0 Å². The molecule has 0 spiro atoms. The molecule has 0 radical (unpaired) electrons. The molecule has 2 aromatic carbocycles. The van der Waals surface area contributed by atoms with Crippen molar-refractivity contribution in [1.29, 1.82) is 0 Å². The minimum absolute atomic E-state index is 0.117. The van der Waals surface area contributed by atoms with Crippen molar-refractivity contribution in [3.63, 3.8) is 0 Å². The van der Waals surface area contributed by atoms with E-state index in [0.717, 1.165) is 11.1 Å². The Kier molecular flexibility index (Phi) is 7.56. The normalized spacial score (nSPS) is 11.7. The molecule has 0 atom stereocenters. The molecule has 0 aliphatic heterocycles. The summed E-state index contributed by atoms with van der Waals surface area (Å²) in [6.45, 7) is 6.51. The Balaban J connectivity index is 1.79. The molecule has 1 amide bonds. The van der Waals surface area contributed by atoms with Gasteiger partial charge in [-0.15, -0.1) is 11.8 Å². The van der Waals surface area contributed by atoms with Gasteiger partial charge < -0.3 is 0 Å². The summed E-state index contributed by atoms with van der Waals surface area (Å²) in [5.74, 6) is 0.687. The van der Waals surface area contributed by atoms with Gasteiger partial charge >= 0.3 is 0 Å². The van der Waals surface area contributed by atoms with Crippen LogP contribution in [0.2, 0.25) is 10.0 Å². The van der Waals surface area contributed by atoms with Crippen LogP contribution < -0.4 is 5.43 Å². The molecule has 138 valence electrons. The van der Waals surface area contributed by atoms with Crippen molar-refractivity contribution in [3.8, 4) is 0 Å². The van der Waals surface area contributed by atoms with Crippen LogP contribution in [0.3, 0.4) is 0 Å². The first-order valence-corrected chi connectivity index (χ1v) is 10.1. The third-order valence-corrected chi connectivity index (χ3v) is 5.39. The van der Waals surface area contributed by atoms with Gasteiger partial charge in [-0.05, 0) is 34.2 Å². The lowest BCUT2D eigenvalue weighted by Crippen LogP contribution is -2.19. The van der Waals surface area contributed by atoms with Gasteiger partial charge in [-0.2, -0.15) is 5.10 Å². The summed E-state index contributed by atoms with van der Waals surface area (Å²) in [5.41, 5.74) is 5.69. The number of halogens is 2. The molecule has 1 N–H and O–H groups in total. The smallest absolute Gasteiger partial charge is 0.250 e. The number of nitrogens with zero attached hydrogens (tertiary/aromatic N) is 1. The first kappa shape index (κ1) is 20.8. The molecule has 0 aliphatic rings. The van der Waals surface area contributed by atoms with E-state index in [-0.39, 0.29) is 17.1 Å². The average molecular weight is 409 g/mol. The fourth-order valence-electron chi connectivity index (χ4n) is 2.20. The Bertz CT molecular complexity index is 763. The molecular weight excluding hydrogens is 387 g/mol. The van der Waals surface area contributed by atoms with Gasteiger partial charge in [0.1, 0.15) is 0 Å². The van der Waals surface area contributed by atoms with Crippen molar-refractivity contribution in [2.24, 2.45) is 5.10 Å². The number of thioether (sulfide) groups is 1. The van der Waals surface area contributed by atoms with Crippen molar-refractivity contribution in [1.82, 2.24) is 5.43 Å². The molecule has 6 heteroatoms. The molecule has 0 unspecified atom stereocenters. The summed E-state index contributed by atoms with van der Waals surface area (Å²) in [7, 11) is 0. The zero-order chi connectivity index (χ0) is 19.2. The SMILES string of the molecule is CC(C)(C)c1ccc(/C=N\NC(=O)CSCc2c(Cl)cccc2Cl)cc1. The molecule has 0 aromatic heterocycles. The van der Waals surface area contributed by atoms with E-state index in [9.17, 15) is 4.79 Å². The first-order chi connectivity index (χ1) is 12.3. The summed E-state index contributed by atoms with van der Waals surface area (Å²) < 4.78 is 0. The number of nitrogens with one attached hydrogen (secondary N) is 1. The Morgan fingerprint density at radius 3 is 2.31 bits per heavy atom. The predicted octanol–water partition coefficient (Wildman–Crippen LogP) is 5.67. The maximum Gasteiger partial charge on any atom is 0.250 e. The van der Waals surface area contributed by atoms with E-state index in [1.54, 1.807) is 24.4 Å². The number of carbonyl (C=O) groups is 1. The molecule has 0 heterocycles. The lowest BCUT2D eigenvalue weighted by atomic mass is 9.87. The highest BCUT2D eigenvalue weighted by Gasteiger charge is 2.12. The van der Waals surface area contributed by atoms with Crippen molar-refractivity contribution in [3.05, 3.63) is 69.2 Å². The summed E-state index contributed by atoms with van der Waals surface area (Å²) in [6, 6.07) is 13.5. The van der Waals surface area contributed by atoms with Gasteiger partial charge in [0.2, 0.25) is 5.91 Å². The molecule has 0 aliphatic carbocycles. The fourth-order valence-corrected chi connectivity index (χ4v) is 3.75. The number of rotatable bonds is 6. The van der Waals surface area contributed by atoms with E-state index in [2.05, 4.69) is 43.4 Å². The second-order valence-corrected chi connectivity index (χ2v) is 8.66. The molecule has 3 nitrogen and oxygen atoms in total. The highest BCUT2D eigenvalue weighted by atomic mass is 35.5. The minimum Gasteiger partial charge on any atom is -0.272 e. The Morgan fingerprint density at radius 2 is 1.73 bits per heavy atom. The van der Waals surface area contributed by atoms with Gasteiger partial charge in [-0.1, -0.05) is 74.3 Å². The first-order valence-electron chi connectivity index (χ1n) is 8.20. The minimum atomic E-state index is -0.166. The molecule has 0 fully saturated rings. The zero-order valence-corrected chi connectivity index (χ0v) is 17.4. The number of benzene rings is 2. The standard InChI is InChI=1S/C20H22Cl2N2OS/c1-20(2,3)15-9-7-14(8-10-15)11-23-24-19(25)13-26-12-16-17(21)5-4-6-18(16)22/h4-11H,12-13H2,1-3H3,(H,24,25)/b23-11-. The van der Waals surface area contributed by atoms with Crippen LogP contribution in [0.1, 0.15) is 37.5 Å². The van der Waals surface area contributed by atoms with Crippen LogP contribution in [-0.2, 0) is 16.0 Å². The Hall–Kier alpha value is -1.49. The topological polar surface area (TPSA) is 41.5 Å². The van der Waals surface area contributed by atoms with Crippen molar-refractivity contribution in [2.75, 3.05) is 5.75 Å². The van der Waals surface area contributed by atoms with Crippen molar-refractivity contribution in [2.45, 2.75) is 31.9 Å². The van der Waals surface area contributed by atoms with Crippen molar-refractivity contribution >= 4 is 47.1 Å². The highest BCUT2D eigenvalue weighted by molar-refractivity contribution is 7.99. The Labute approximate surface area is 169 Å². The van der Waals surface area contributed by atoms with E-state index in [0.29, 0.717) is 15.8 Å². The largest absolute Gasteiger partial charge is 0.272 e. The number of carbonyl (C=O) groups excluding carboxylic acids is 1. The second kappa shape index (κ2) is 9.45. The van der Waals surface area contributed by atoms with E-state index in [4.69, 9.17) is 23.2 Å². The summed E-state index contributed by atoms with van der Waals surface area (Å²) in [4.78, 5) is 11.9. The third-order valence-electron chi connectivity index (χ3n) is 3.72. The number of amides is 1. The molecule has 0 bridgehead atoms. The van der Waals surface area contributed by atoms with E-state index < -0.39 is 0 Å². The number of hydrogen-bond acceptors (Lipinski definition) is 3. The van der Waals surface area contributed by atoms with Crippen LogP contribution in [0.15, 0.2) is 47.6 Å². The zero-order valence-electron chi connectivity index (χ0n) is 15.1. The van der Waals surface area contributed by atoms with Crippen LogP contribution in [0.25, 0.3) is 0 Å². The molecule has 2 aromatic rings. The Morgan fingerprint density at radius 1 is 1.12 bits per heavy atom. The van der Waals surface area contributed by atoms with Crippen LogP contribution in [0.5, 0.6) is 0 Å². The maximum absolute atomic E-state index is 11.9. The van der Waals surface area contributed by atoms with Crippen LogP contribution in [0, 0.1) is 0 Å². The lowest BCUT2D eigenvalue weighted by molar-refractivity contribution is -0.118. The van der Waals surface area contributed by atoms with Crippen LogP contribution in [0.4, 0.5) is 0 Å².